The molecule has 0 saturated carbocycles. The lowest BCUT2D eigenvalue weighted by molar-refractivity contribution is -0.172. The number of carbonyl (C=O) groups excluding carboxylic acids is 5. The number of nitrogens with zero attached hydrogens (tertiary/aromatic N) is 4. The van der Waals surface area contributed by atoms with E-state index in [1.807, 2.05) is 22.9 Å². The third-order valence-corrected chi connectivity index (χ3v) is 10.1. The molecular weight excluding hydrogens is 604 g/mol. The first-order valence-electron chi connectivity index (χ1n) is 16.5. The number of methoxy groups -OCH3 is 1. The molecule has 0 N–H and O–H groups in total. The number of carbonyl (C=O) groups is 5. The summed E-state index contributed by atoms with van der Waals surface area (Å²) < 4.78 is 19.5. The highest BCUT2D eigenvalue weighted by atomic mass is 16.6. The number of aromatic nitrogens is 3. The Hall–Kier alpha value is -3.93. The second-order valence-electron chi connectivity index (χ2n) is 13.4. The molecule has 12 nitrogen and oxygen atoms in total. The lowest BCUT2D eigenvalue weighted by atomic mass is 9.74. The molecule has 0 aliphatic carbocycles. The number of fused-ring (bicyclic) bond motifs is 1. The second kappa shape index (κ2) is 14.5. The van der Waals surface area contributed by atoms with E-state index in [-0.39, 0.29) is 18.6 Å². The van der Waals surface area contributed by atoms with E-state index in [0.717, 1.165) is 11.3 Å². The van der Waals surface area contributed by atoms with Crippen LogP contribution >= 0.6 is 0 Å². The van der Waals surface area contributed by atoms with Crippen LogP contribution in [-0.2, 0) is 39.9 Å². The summed E-state index contributed by atoms with van der Waals surface area (Å²) in [6.45, 7) is 12.4. The summed E-state index contributed by atoms with van der Waals surface area (Å²) in [5, 5.41) is 0. The maximum absolute atomic E-state index is 14.1. The standard InChI is InChI=1S/C35H48N4O8/c1-9-27-35(7)30(39(33(44)47-35)16-11-10-15-38-19-26(37-20-38)25-13-12-14-36-18-25)22(3)28(40)21(2)17-34(6,45-8)31(42)23(4)29(41)24(5)32(43)46-27/h12-14,18-24,27,30H,9-11,15-17H2,1-8H3/t21-,22+,23+,24-,27-,30-,34-,35-/m1/s1. The largest absolute Gasteiger partial charge is 0.458 e. The monoisotopic (exact) mass is 652 g/mol. The zero-order valence-electron chi connectivity index (χ0n) is 28.7. The molecule has 2 aromatic rings. The van der Waals surface area contributed by atoms with Gasteiger partial charge in [-0.2, -0.15) is 0 Å². The summed E-state index contributed by atoms with van der Waals surface area (Å²) in [6, 6.07) is 3.03. The van der Waals surface area contributed by atoms with Gasteiger partial charge in [0.2, 0.25) is 0 Å². The first-order valence-corrected chi connectivity index (χ1v) is 16.5. The van der Waals surface area contributed by atoms with Gasteiger partial charge in [0.25, 0.3) is 0 Å². The Balaban J connectivity index is 1.60. The molecule has 2 saturated heterocycles. The Morgan fingerprint density at radius 3 is 2.34 bits per heavy atom. The summed E-state index contributed by atoms with van der Waals surface area (Å²) in [4.78, 5) is 78.1. The van der Waals surface area contributed by atoms with Gasteiger partial charge in [-0.15, -0.1) is 0 Å². The molecule has 12 heteroatoms. The van der Waals surface area contributed by atoms with Crippen LogP contribution in [0.3, 0.4) is 0 Å². The van der Waals surface area contributed by atoms with E-state index in [0.29, 0.717) is 25.9 Å². The minimum Gasteiger partial charge on any atom is -0.458 e. The normalized spacial score (nSPS) is 32.5. The molecular formula is C35H48N4O8. The van der Waals surface area contributed by atoms with Gasteiger partial charge in [-0.25, -0.2) is 9.78 Å². The van der Waals surface area contributed by atoms with Crippen LogP contribution in [0.1, 0.15) is 74.1 Å². The van der Waals surface area contributed by atoms with Crippen LogP contribution in [0.5, 0.6) is 0 Å². The summed E-state index contributed by atoms with van der Waals surface area (Å²) in [5.41, 5.74) is -1.09. The van der Waals surface area contributed by atoms with E-state index in [1.165, 1.54) is 21.0 Å². The van der Waals surface area contributed by atoms with Crippen molar-refractivity contribution < 1.29 is 38.2 Å². The minimum absolute atomic E-state index is 0.0311. The number of hydrogen-bond donors (Lipinski definition) is 0. The van der Waals surface area contributed by atoms with E-state index in [4.69, 9.17) is 14.2 Å². The number of cyclic esters (lactones) is 1. The number of rotatable bonds is 8. The number of imidazole rings is 1. The zero-order chi connectivity index (χ0) is 34.7. The lowest BCUT2D eigenvalue weighted by Gasteiger charge is -2.41. The molecule has 4 rings (SSSR count). The summed E-state index contributed by atoms with van der Waals surface area (Å²) in [6.07, 6.45) is 7.26. The Morgan fingerprint density at radius 1 is 1.00 bits per heavy atom. The molecule has 2 aliphatic heterocycles. The maximum Gasteiger partial charge on any atom is 0.410 e. The topological polar surface area (TPSA) is 147 Å². The molecule has 0 bridgehead atoms. The fourth-order valence-corrected chi connectivity index (χ4v) is 7.21. The molecule has 256 valence electrons. The number of esters is 1. The molecule has 0 unspecified atom stereocenters. The molecule has 0 aromatic carbocycles. The average molecular weight is 653 g/mol. The maximum atomic E-state index is 14.1. The van der Waals surface area contributed by atoms with Gasteiger partial charge in [-0.3, -0.25) is 24.2 Å². The fraction of sp³-hybridized carbons (Fsp3) is 0.629. The quantitative estimate of drug-likeness (QED) is 0.224. The van der Waals surface area contributed by atoms with E-state index in [9.17, 15) is 24.0 Å². The third-order valence-electron chi connectivity index (χ3n) is 10.1. The third kappa shape index (κ3) is 7.17. The van der Waals surface area contributed by atoms with Gasteiger partial charge in [0.05, 0.1) is 24.0 Å². The number of unbranched alkanes of at least 4 members (excludes halogenated alkanes) is 1. The fourth-order valence-electron chi connectivity index (χ4n) is 7.21. The van der Waals surface area contributed by atoms with Crippen molar-refractivity contribution in [2.24, 2.45) is 23.7 Å². The molecule has 2 aliphatic rings. The zero-order valence-corrected chi connectivity index (χ0v) is 28.7. The van der Waals surface area contributed by atoms with Crippen LogP contribution in [0.2, 0.25) is 0 Å². The highest BCUT2D eigenvalue weighted by molar-refractivity contribution is 6.11. The number of Topliss-reactive ketones (excluding diaryl/α,β-unsaturated/α-hetero) is 3. The summed E-state index contributed by atoms with van der Waals surface area (Å²) in [7, 11) is 1.37. The summed E-state index contributed by atoms with van der Waals surface area (Å²) in [5.74, 6) is -5.88. The number of ketones is 3. The Bertz CT molecular complexity index is 1480. The van der Waals surface area contributed by atoms with Gasteiger partial charge in [-0.1, -0.05) is 20.8 Å². The molecule has 0 spiro atoms. The highest BCUT2D eigenvalue weighted by Crippen LogP contribution is 2.42. The lowest BCUT2D eigenvalue weighted by Crippen LogP contribution is -2.58. The molecule has 47 heavy (non-hydrogen) atoms. The van der Waals surface area contributed by atoms with Crippen molar-refractivity contribution in [3.8, 4) is 11.3 Å². The number of hydrogen-bond acceptors (Lipinski definition) is 10. The number of amides is 1. The average Bonchev–Trinajstić information content (AvgIpc) is 3.64. The minimum atomic E-state index is -1.45. The molecule has 8 atom stereocenters. The second-order valence-corrected chi connectivity index (χ2v) is 13.4. The predicted octanol–water partition coefficient (Wildman–Crippen LogP) is 4.69. The van der Waals surface area contributed by atoms with E-state index >= 15 is 0 Å². The first kappa shape index (κ1) is 35.9. The van der Waals surface area contributed by atoms with Gasteiger partial charge >= 0.3 is 12.1 Å². The van der Waals surface area contributed by atoms with Gasteiger partial charge in [0.15, 0.2) is 17.2 Å². The van der Waals surface area contributed by atoms with Crippen molar-refractivity contribution in [1.29, 1.82) is 0 Å². The van der Waals surface area contributed by atoms with Crippen molar-refractivity contribution in [2.75, 3.05) is 13.7 Å². The molecule has 2 fully saturated rings. The van der Waals surface area contributed by atoms with Crippen molar-refractivity contribution in [1.82, 2.24) is 19.4 Å². The number of ether oxygens (including phenoxy) is 3. The number of pyridine rings is 1. The van der Waals surface area contributed by atoms with Crippen LogP contribution in [0, 0.1) is 23.7 Å². The van der Waals surface area contributed by atoms with Crippen molar-refractivity contribution in [2.45, 2.75) is 104 Å². The van der Waals surface area contributed by atoms with Gasteiger partial charge in [-0.05, 0) is 65.5 Å². The van der Waals surface area contributed by atoms with Crippen LogP contribution < -0.4 is 0 Å². The molecule has 4 heterocycles. The molecule has 2 aromatic heterocycles. The smallest absolute Gasteiger partial charge is 0.410 e. The van der Waals surface area contributed by atoms with Crippen molar-refractivity contribution in [3.63, 3.8) is 0 Å². The molecule has 0 radical (unpaired) electrons. The Morgan fingerprint density at radius 2 is 1.70 bits per heavy atom. The van der Waals surface area contributed by atoms with E-state index in [1.54, 1.807) is 58.2 Å². The van der Waals surface area contributed by atoms with Crippen LogP contribution in [0.25, 0.3) is 11.3 Å². The summed E-state index contributed by atoms with van der Waals surface area (Å²) >= 11 is 0. The Kier molecular flexibility index (Phi) is 11.0. The van der Waals surface area contributed by atoms with Crippen molar-refractivity contribution >= 4 is 29.4 Å². The van der Waals surface area contributed by atoms with E-state index < -0.39 is 70.6 Å². The van der Waals surface area contributed by atoms with Crippen LogP contribution in [-0.4, -0.2) is 85.8 Å². The van der Waals surface area contributed by atoms with Crippen molar-refractivity contribution in [3.05, 3.63) is 37.1 Å². The number of aryl methyl sites for hydroxylation is 1. The van der Waals surface area contributed by atoms with Crippen LogP contribution in [0.15, 0.2) is 37.1 Å². The predicted molar refractivity (Wildman–Crippen MR) is 172 cm³/mol. The van der Waals surface area contributed by atoms with Gasteiger partial charge in [0.1, 0.15) is 23.4 Å². The Labute approximate surface area is 276 Å². The molecule has 1 amide bonds. The SMILES string of the molecule is CC[C@H]1OC(=O)[C@H](C)C(=O)[C@H](C)C(=O)[C@](C)(OC)C[C@@H](C)C(=O)[C@H](C)[C@H]2N(CCCCn3cnc(-c4cccnc4)c3)C(=O)O[C@]12C. The van der Waals surface area contributed by atoms with Gasteiger partial charge < -0.3 is 23.7 Å². The first-order chi connectivity index (χ1) is 22.2. The van der Waals surface area contributed by atoms with Crippen LogP contribution in [0.4, 0.5) is 4.79 Å². The van der Waals surface area contributed by atoms with Gasteiger partial charge in [0, 0.05) is 56.2 Å². The van der Waals surface area contributed by atoms with E-state index in [2.05, 4.69) is 9.97 Å². The highest BCUT2D eigenvalue weighted by Gasteiger charge is 2.60.